The van der Waals surface area contributed by atoms with E-state index in [9.17, 15) is 0 Å². The Morgan fingerprint density at radius 1 is 1.40 bits per heavy atom. The number of halogens is 2. The van der Waals surface area contributed by atoms with Gasteiger partial charge in [0.1, 0.15) is 0 Å². The predicted octanol–water partition coefficient (Wildman–Crippen LogP) is -0.987. The molecule has 0 aliphatic rings. The molecule has 6 heteroatoms. The van der Waals surface area contributed by atoms with E-state index < -0.39 is 0 Å². The number of nitrogens with zero attached hydrogens (tertiary/aromatic N) is 2. The SMILES string of the molecule is Clc1ccnnc1Cl.S.[H-].[Na+]. The first-order valence-electron chi connectivity index (χ1n) is 1.93. The molecule has 1 rings (SSSR count). The van der Waals surface area contributed by atoms with Crippen molar-refractivity contribution in [2.45, 2.75) is 0 Å². The summed E-state index contributed by atoms with van der Waals surface area (Å²) in [5.41, 5.74) is 0. The molecule has 0 unspecified atom stereocenters. The molecular weight excluding hydrogens is 202 g/mol. The maximum Gasteiger partial charge on any atom is 1.00 e. The van der Waals surface area contributed by atoms with Crippen LogP contribution in [-0.2, 0) is 0 Å². The largest absolute Gasteiger partial charge is 1.00 e. The predicted molar refractivity (Wildman–Crippen MR) is 43.5 cm³/mol. The van der Waals surface area contributed by atoms with Crippen LogP contribution in [0.4, 0.5) is 0 Å². The summed E-state index contributed by atoms with van der Waals surface area (Å²) in [6.45, 7) is 0. The van der Waals surface area contributed by atoms with Crippen molar-refractivity contribution in [1.29, 1.82) is 0 Å². The van der Waals surface area contributed by atoms with Gasteiger partial charge < -0.3 is 1.43 Å². The minimum absolute atomic E-state index is 0. The molecule has 1 aromatic heterocycles. The summed E-state index contributed by atoms with van der Waals surface area (Å²) in [4.78, 5) is 0. The maximum absolute atomic E-state index is 5.47. The zero-order chi connectivity index (χ0) is 5.98. The van der Waals surface area contributed by atoms with Crippen molar-refractivity contribution >= 4 is 36.7 Å². The van der Waals surface area contributed by atoms with E-state index in [4.69, 9.17) is 23.2 Å². The van der Waals surface area contributed by atoms with Crippen LogP contribution in [0.2, 0.25) is 10.2 Å². The molecule has 0 N–H and O–H groups in total. The van der Waals surface area contributed by atoms with E-state index in [0.717, 1.165) is 0 Å². The van der Waals surface area contributed by atoms with E-state index in [0.29, 0.717) is 5.02 Å². The fourth-order valence-electron chi connectivity index (χ4n) is 0.299. The molecule has 10 heavy (non-hydrogen) atoms. The minimum Gasteiger partial charge on any atom is -1.00 e. The Labute approximate surface area is 99.5 Å². The van der Waals surface area contributed by atoms with Crippen molar-refractivity contribution in [3.05, 3.63) is 22.4 Å². The van der Waals surface area contributed by atoms with Gasteiger partial charge in [0.15, 0.2) is 5.15 Å². The third-order valence-corrected chi connectivity index (χ3v) is 1.31. The second kappa shape index (κ2) is 6.70. The summed E-state index contributed by atoms with van der Waals surface area (Å²) in [6, 6.07) is 1.58. The van der Waals surface area contributed by atoms with Crippen molar-refractivity contribution in [3.8, 4) is 0 Å². The Morgan fingerprint density at radius 3 is 2.30 bits per heavy atom. The number of hydrogen-bond donors (Lipinski definition) is 0. The van der Waals surface area contributed by atoms with E-state index in [-0.39, 0.29) is 49.6 Å². The van der Waals surface area contributed by atoms with Crippen molar-refractivity contribution in [1.82, 2.24) is 10.2 Å². The van der Waals surface area contributed by atoms with Gasteiger partial charge in [-0.3, -0.25) is 0 Å². The van der Waals surface area contributed by atoms with Gasteiger partial charge in [0.05, 0.1) is 11.2 Å². The first kappa shape index (κ1) is 13.6. The molecule has 0 bridgehead atoms. The number of aromatic nitrogens is 2. The topological polar surface area (TPSA) is 25.8 Å². The van der Waals surface area contributed by atoms with Crippen LogP contribution >= 0.6 is 36.7 Å². The maximum atomic E-state index is 5.47. The van der Waals surface area contributed by atoms with Crippen molar-refractivity contribution < 1.29 is 31.0 Å². The van der Waals surface area contributed by atoms with Gasteiger partial charge in [-0.25, -0.2) is 0 Å². The summed E-state index contributed by atoms with van der Waals surface area (Å²) in [6.07, 6.45) is 1.48. The van der Waals surface area contributed by atoms with Crippen LogP contribution in [0.15, 0.2) is 12.3 Å². The van der Waals surface area contributed by atoms with Gasteiger partial charge in [0.25, 0.3) is 0 Å². The van der Waals surface area contributed by atoms with Gasteiger partial charge in [-0.1, -0.05) is 23.2 Å². The number of rotatable bonds is 0. The zero-order valence-electron chi connectivity index (χ0n) is 6.31. The first-order chi connectivity index (χ1) is 3.80. The molecule has 1 aromatic rings. The summed E-state index contributed by atoms with van der Waals surface area (Å²) in [5.74, 6) is 0. The Bertz CT molecular complexity index is 182. The van der Waals surface area contributed by atoms with E-state index in [1.54, 1.807) is 6.07 Å². The molecule has 0 aliphatic carbocycles. The fraction of sp³-hybridized carbons (Fsp3) is 0. The van der Waals surface area contributed by atoms with Gasteiger partial charge >= 0.3 is 29.6 Å². The molecular formula is C4H5Cl2N2NaS. The molecule has 0 aromatic carbocycles. The summed E-state index contributed by atoms with van der Waals surface area (Å²) in [5, 5.41) is 7.62. The van der Waals surface area contributed by atoms with Gasteiger partial charge in [-0.15, -0.1) is 5.10 Å². The normalized spacial score (nSPS) is 7.40. The van der Waals surface area contributed by atoms with Gasteiger partial charge in [0.2, 0.25) is 0 Å². The van der Waals surface area contributed by atoms with Crippen LogP contribution in [0.3, 0.4) is 0 Å². The quantitative estimate of drug-likeness (QED) is 0.510. The Balaban J connectivity index is -0.000000213. The average molecular weight is 207 g/mol. The van der Waals surface area contributed by atoms with E-state index in [2.05, 4.69) is 10.2 Å². The monoisotopic (exact) mass is 206 g/mol. The van der Waals surface area contributed by atoms with Gasteiger partial charge in [0, 0.05) is 0 Å². The molecule has 0 aliphatic heterocycles. The first-order valence-corrected chi connectivity index (χ1v) is 2.69. The Hall–Kier alpha value is 1.01. The van der Waals surface area contributed by atoms with Crippen LogP contribution in [0, 0.1) is 0 Å². The second-order valence-electron chi connectivity index (χ2n) is 1.17. The van der Waals surface area contributed by atoms with Gasteiger partial charge in [-0.05, 0) is 6.07 Å². The third kappa shape index (κ3) is 4.01. The van der Waals surface area contributed by atoms with Crippen molar-refractivity contribution in [3.63, 3.8) is 0 Å². The van der Waals surface area contributed by atoms with Crippen LogP contribution < -0.4 is 29.6 Å². The molecule has 1 heterocycles. The number of hydrogen-bond acceptors (Lipinski definition) is 2. The molecule has 2 nitrogen and oxygen atoms in total. The molecule has 0 saturated heterocycles. The minimum atomic E-state index is 0. The van der Waals surface area contributed by atoms with Crippen molar-refractivity contribution in [2.24, 2.45) is 0 Å². The van der Waals surface area contributed by atoms with E-state index in [1.807, 2.05) is 0 Å². The fourth-order valence-corrected chi connectivity index (χ4v) is 0.500. The smallest absolute Gasteiger partial charge is 1.00 e. The Kier molecular flexibility index (Phi) is 9.11. The van der Waals surface area contributed by atoms with Gasteiger partial charge in [-0.2, -0.15) is 18.6 Å². The summed E-state index contributed by atoms with van der Waals surface area (Å²) >= 11 is 10.9. The Morgan fingerprint density at radius 2 is 2.00 bits per heavy atom. The van der Waals surface area contributed by atoms with Crippen LogP contribution in [-0.4, -0.2) is 10.2 Å². The van der Waals surface area contributed by atoms with Crippen LogP contribution in [0.25, 0.3) is 0 Å². The standard InChI is InChI=1S/C4H2Cl2N2.Na.H2S.H/c5-3-1-2-7-8-4(3)6;;;/h1-2H;;1H2;/q;+1;;-1. The summed E-state index contributed by atoms with van der Waals surface area (Å²) < 4.78 is 0. The van der Waals surface area contributed by atoms with E-state index >= 15 is 0 Å². The average Bonchev–Trinajstić information content (AvgIpc) is 1.77. The van der Waals surface area contributed by atoms with Crippen LogP contribution in [0.1, 0.15) is 1.43 Å². The molecule has 0 fully saturated rings. The van der Waals surface area contributed by atoms with Crippen LogP contribution in [0.5, 0.6) is 0 Å². The molecule has 0 spiro atoms. The van der Waals surface area contributed by atoms with Crippen molar-refractivity contribution in [2.75, 3.05) is 0 Å². The zero-order valence-corrected chi connectivity index (χ0v) is 9.82. The molecule has 0 radical (unpaired) electrons. The molecule has 0 saturated carbocycles. The third-order valence-electron chi connectivity index (χ3n) is 0.630. The van der Waals surface area contributed by atoms with E-state index in [1.165, 1.54) is 6.20 Å². The molecule has 0 amide bonds. The summed E-state index contributed by atoms with van der Waals surface area (Å²) in [7, 11) is 0. The molecule has 0 atom stereocenters. The molecule has 52 valence electrons. The second-order valence-corrected chi connectivity index (χ2v) is 1.94.